The van der Waals surface area contributed by atoms with Crippen molar-refractivity contribution < 1.29 is 4.79 Å². The number of carbonyl (C=O) groups is 1. The number of halogens is 1. The highest BCUT2D eigenvalue weighted by Crippen LogP contribution is 2.25. The van der Waals surface area contributed by atoms with Gasteiger partial charge >= 0.3 is 0 Å². The lowest BCUT2D eigenvalue weighted by Crippen LogP contribution is -2.17. The topological polar surface area (TPSA) is 77.6 Å². The molecule has 2 heterocycles. The van der Waals surface area contributed by atoms with Crippen molar-refractivity contribution in [2.24, 2.45) is 7.05 Å². The van der Waals surface area contributed by atoms with E-state index in [1.807, 2.05) is 60.0 Å². The Morgan fingerprint density at radius 3 is 2.52 bits per heavy atom. The first-order valence-electron chi connectivity index (χ1n) is 9.67. The zero-order valence-corrected chi connectivity index (χ0v) is 18.7. The third-order valence-electron chi connectivity index (χ3n) is 4.59. The monoisotopic (exact) mass is 452 g/mol. The summed E-state index contributed by atoms with van der Waals surface area (Å²) < 4.78 is 3.61. The lowest BCUT2D eigenvalue weighted by atomic mass is 10.1. The van der Waals surface area contributed by atoms with Crippen molar-refractivity contribution in [1.29, 1.82) is 0 Å². The number of anilines is 1. The molecule has 0 unspecified atom stereocenters. The third-order valence-corrected chi connectivity index (χ3v) is 5.77. The van der Waals surface area contributed by atoms with Crippen molar-refractivity contribution in [3.63, 3.8) is 0 Å². The summed E-state index contributed by atoms with van der Waals surface area (Å²) >= 11 is 7.40. The summed E-state index contributed by atoms with van der Waals surface area (Å²) in [6.07, 6.45) is 0.623. The van der Waals surface area contributed by atoms with Crippen LogP contribution in [0.2, 0.25) is 5.02 Å². The van der Waals surface area contributed by atoms with Crippen LogP contribution in [-0.4, -0.2) is 36.2 Å². The minimum absolute atomic E-state index is 0.136. The fourth-order valence-corrected chi connectivity index (χ4v) is 4.07. The number of nitrogens with zero attached hydrogens (tertiary/aromatic N) is 5. The van der Waals surface area contributed by atoms with Gasteiger partial charge in [-0.05, 0) is 36.8 Å². The molecule has 0 bridgehead atoms. The quantitative estimate of drug-likeness (QED) is 0.423. The smallest absolute Gasteiger partial charge is 0.235 e. The highest BCUT2D eigenvalue weighted by atomic mass is 35.5. The van der Waals surface area contributed by atoms with E-state index in [1.54, 1.807) is 11.7 Å². The Balaban J connectivity index is 1.55. The first-order chi connectivity index (χ1) is 15.0. The zero-order valence-electron chi connectivity index (χ0n) is 17.1. The van der Waals surface area contributed by atoms with Gasteiger partial charge in [0.2, 0.25) is 5.91 Å². The summed E-state index contributed by atoms with van der Waals surface area (Å²) in [5.74, 6) is 1.51. The molecule has 0 radical (unpaired) electrons. The lowest BCUT2D eigenvalue weighted by Gasteiger charge is -2.11. The minimum atomic E-state index is -0.136. The maximum Gasteiger partial charge on any atom is 0.235 e. The van der Waals surface area contributed by atoms with Gasteiger partial charge in [-0.25, -0.2) is 0 Å². The van der Waals surface area contributed by atoms with Crippen LogP contribution in [0.4, 0.5) is 5.82 Å². The van der Waals surface area contributed by atoms with E-state index in [2.05, 4.69) is 32.7 Å². The number of benzene rings is 2. The van der Waals surface area contributed by atoms with Crippen molar-refractivity contribution >= 4 is 35.1 Å². The van der Waals surface area contributed by atoms with Crippen molar-refractivity contribution in [1.82, 2.24) is 24.5 Å². The number of aromatic nitrogens is 5. The second kappa shape index (κ2) is 9.36. The average molecular weight is 453 g/mol. The fourth-order valence-electron chi connectivity index (χ4n) is 3.17. The molecular formula is C22H21ClN6OS. The maximum absolute atomic E-state index is 12.5. The number of aryl methyl sites for hydroxylation is 2. The number of hydrogen-bond donors (Lipinski definition) is 1. The van der Waals surface area contributed by atoms with Crippen LogP contribution in [0.5, 0.6) is 0 Å². The van der Waals surface area contributed by atoms with E-state index >= 15 is 0 Å². The van der Waals surface area contributed by atoms with Crippen molar-refractivity contribution in [2.75, 3.05) is 11.1 Å². The summed E-state index contributed by atoms with van der Waals surface area (Å²) in [5.41, 5.74) is 2.87. The Bertz CT molecular complexity index is 1190. The van der Waals surface area contributed by atoms with Gasteiger partial charge in [-0.15, -0.1) is 10.2 Å². The van der Waals surface area contributed by atoms with E-state index in [4.69, 9.17) is 11.6 Å². The van der Waals surface area contributed by atoms with E-state index in [0.717, 1.165) is 22.8 Å². The highest BCUT2D eigenvalue weighted by molar-refractivity contribution is 7.99. The zero-order chi connectivity index (χ0) is 21.8. The first kappa shape index (κ1) is 21.1. The third kappa shape index (κ3) is 5.15. The maximum atomic E-state index is 12.5. The molecule has 1 amide bonds. The molecule has 4 aromatic rings. The summed E-state index contributed by atoms with van der Waals surface area (Å²) in [5, 5.41) is 17.2. The van der Waals surface area contributed by atoms with Crippen LogP contribution in [0.1, 0.15) is 17.1 Å². The Kier molecular flexibility index (Phi) is 6.39. The van der Waals surface area contributed by atoms with Crippen LogP contribution < -0.4 is 5.32 Å². The summed E-state index contributed by atoms with van der Waals surface area (Å²) in [4.78, 5) is 12.5. The van der Waals surface area contributed by atoms with Crippen LogP contribution in [0.15, 0.2) is 65.8 Å². The van der Waals surface area contributed by atoms with Crippen LogP contribution in [0, 0.1) is 6.92 Å². The van der Waals surface area contributed by atoms with E-state index in [1.165, 1.54) is 11.8 Å². The highest BCUT2D eigenvalue weighted by Gasteiger charge is 2.17. The molecule has 2 aromatic heterocycles. The molecule has 9 heteroatoms. The van der Waals surface area contributed by atoms with E-state index in [-0.39, 0.29) is 11.7 Å². The van der Waals surface area contributed by atoms with Crippen LogP contribution in [0.25, 0.3) is 5.69 Å². The average Bonchev–Trinajstić information content (AvgIpc) is 3.29. The summed E-state index contributed by atoms with van der Waals surface area (Å²) in [6, 6.07) is 19.4. The van der Waals surface area contributed by atoms with Gasteiger partial charge in [0.25, 0.3) is 0 Å². The molecule has 0 aliphatic heterocycles. The molecule has 1 N–H and O–H groups in total. The number of rotatable bonds is 7. The predicted octanol–water partition coefficient (Wildman–Crippen LogP) is 4.28. The number of hydrogen-bond acceptors (Lipinski definition) is 5. The molecule has 4 rings (SSSR count). The second-order valence-electron chi connectivity index (χ2n) is 7.00. The first-order valence-corrected chi connectivity index (χ1v) is 11.0. The molecule has 0 saturated carbocycles. The van der Waals surface area contributed by atoms with Crippen LogP contribution in [0.3, 0.4) is 0 Å². The number of thioether (sulfide) groups is 1. The largest absolute Gasteiger partial charge is 0.310 e. The number of amides is 1. The Hall–Kier alpha value is -3.10. The second-order valence-corrected chi connectivity index (χ2v) is 8.38. The molecule has 7 nitrogen and oxygen atoms in total. The van der Waals surface area contributed by atoms with Gasteiger partial charge in [-0.1, -0.05) is 53.7 Å². The minimum Gasteiger partial charge on any atom is -0.310 e. The predicted molar refractivity (Wildman–Crippen MR) is 123 cm³/mol. The Morgan fingerprint density at radius 1 is 1.10 bits per heavy atom. The normalized spacial score (nSPS) is 10.9. The van der Waals surface area contributed by atoms with Gasteiger partial charge in [0.05, 0.1) is 11.4 Å². The van der Waals surface area contributed by atoms with E-state index in [9.17, 15) is 4.79 Å². The number of carbonyl (C=O) groups excluding carboxylic acids is 1. The Morgan fingerprint density at radius 2 is 1.84 bits per heavy atom. The van der Waals surface area contributed by atoms with E-state index in [0.29, 0.717) is 22.4 Å². The van der Waals surface area contributed by atoms with Crippen molar-refractivity contribution in [2.45, 2.75) is 18.5 Å². The molecule has 0 saturated heterocycles. The molecule has 0 aliphatic rings. The Labute approximate surface area is 189 Å². The summed E-state index contributed by atoms with van der Waals surface area (Å²) in [6.45, 7) is 1.88. The molecule has 158 valence electrons. The SMILES string of the molecule is Cc1cc(NC(=O)CSc2nnc(Cc3ccccc3)n2-c2ccc(Cl)cc2)n(C)n1. The molecule has 0 fully saturated rings. The molecule has 0 aliphatic carbocycles. The summed E-state index contributed by atoms with van der Waals surface area (Å²) in [7, 11) is 1.79. The van der Waals surface area contributed by atoms with Gasteiger partial charge in [-0.2, -0.15) is 5.10 Å². The van der Waals surface area contributed by atoms with E-state index < -0.39 is 0 Å². The molecule has 0 spiro atoms. The van der Waals surface area contributed by atoms with Gasteiger partial charge in [0.15, 0.2) is 5.16 Å². The molecular weight excluding hydrogens is 432 g/mol. The van der Waals surface area contributed by atoms with Crippen molar-refractivity contribution in [3.8, 4) is 5.69 Å². The number of nitrogens with one attached hydrogen (secondary N) is 1. The van der Waals surface area contributed by atoms with Crippen LogP contribution in [-0.2, 0) is 18.3 Å². The lowest BCUT2D eigenvalue weighted by molar-refractivity contribution is -0.113. The van der Waals surface area contributed by atoms with Crippen LogP contribution >= 0.6 is 23.4 Å². The fraction of sp³-hybridized carbons (Fsp3) is 0.182. The van der Waals surface area contributed by atoms with Crippen molar-refractivity contribution in [3.05, 3.63) is 82.8 Å². The van der Waals surface area contributed by atoms with Gasteiger partial charge in [-0.3, -0.25) is 14.0 Å². The molecule has 31 heavy (non-hydrogen) atoms. The standard InChI is InChI=1S/C22H21ClN6OS/c1-15-12-19(28(2)27-15)24-21(30)14-31-22-26-25-20(13-16-6-4-3-5-7-16)29(22)18-10-8-17(23)9-11-18/h3-12H,13-14H2,1-2H3,(H,24,30). The van der Waals surface area contributed by atoms with Gasteiger partial charge < -0.3 is 5.32 Å². The van der Waals surface area contributed by atoms with Gasteiger partial charge in [0.1, 0.15) is 11.6 Å². The van der Waals surface area contributed by atoms with Gasteiger partial charge in [0, 0.05) is 30.2 Å². The molecule has 2 aromatic carbocycles. The molecule has 0 atom stereocenters.